The molecule has 1 saturated heterocycles. The molecule has 6 nitrogen and oxygen atoms in total. The lowest BCUT2D eigenvalue weighted by Gasteiger charge is -2.31. The summed E-state index contributed by atoms with van der Waals surface area (Å²) in [5.41, 5.74) is 2.34. The summed E-state index contributed by atoms with van der Waals surface area (Å²) in [4.78, 5) is 30.3. The molecule has 0 aliphatic carbocycles. The lowest BCUT2D eigenvalue weighted by atomic mass is 9.97. The predicted molar refractivity (Wildman–Crippen MR) is 81.0 cm³/mol. The van der Waals surface area contributed by atoms with Crippen LogP contribution >= 0.6 is 0 Å². The Morgan fingerprint density at radius 2 is 2.09 bits per heavy atom. The third kappa shape index (κ3) is 4.73. The highest BCUT2D eigenvalue weighted by molar-refractivity contribution is 5.80. The summed E-state index contributed by atoms with van der Waals surface area (Å²) >= 11 is 0. The SMILES string of the molecule is CONC(=O)C1CCCN(C(=O)CCOc2ccccc2)C1. The number of para-hydroxylation sites is 1. The van der Waals surface area contributed by atoms with Gasteiger partial charge in [-0.2, -0.15) is 0 Å². The van der Waals surface area contributed by atoms with Crippen LogP contribution in [0.1, 0.15) is 19.3 Å². The monoisotopic (exact) mass is 306 g/mol. The van der Waals surface area contributed by atoms with Gasteiger partial charge in [-0.25, -0.2) is 5.48 Å². The van der Waals surface area contributed by atoms with E-state index in [1.807, 2.05) is 30.3 Å². The number of rotatable bonds is 6. The molecule has 2 rings (SSSR count). The van der Waals surface area contributed by atoms with Crippen LogP contribution < -0.4 is 10.2 Å². The molecule has 0 bridgehead atoms. The van der Waals surface area contributed by atoms with Gasteiger partial charge in [0.1, 0.15) is 5.75 Å². The van der Waals surface area contributed by atoms with Gasteiger partial charge < -0.3 is 9.64 Å². The van der Waals surface area contributed by atoms with E-state index in [1.54, 1.807) is 4.90 Å². The number of nitrogens with zero attached hydrogens (tertiary/aromatic N) is 1. The average molecular weight is 306 g/mol. The third-order valence-corrected chi connectivity index (χ3v) is 3.68. The first-order valence-corrected chi connectivity index (χ1v) is 7.49. The summed E-state index contributed by atoms with van der Waals surface area (Å²) in [6.45, 7) is 1.48. The number of nitrogens with one attached hydrogen (secondary N) is 1. The van der Waals surface area contributed by atoms with Gasteiger partial charge in [0, 0.05) is 13.1 Å². The molecule has 1 aromatic carbocycles. The second kappa shape index (κ2) is 8.38. The minimum absolute atomic E-state index is 0.0193. The van der Waals surface area contributed by atoms with Crippen LogP contribution in [0.15, 0.2) is 30.3 Å². The van der Waals surface area contributed by atoms with E-state index in [9.17, 15) is 9.59 Å². The Kier molecular flexibility index (Phi) is 6.21. The maximum absolute atomic E-state index is 12.2. The van der Waals surface area contributed by atoms with Crippen LogP contribution in [0.5, 0.6) is 5.75 Å². The molecule has 1 N–H and O–H groups in total. The van der Waals surface area contributed by atoms with Crippen molar-refractivity contribution >= 4 is 11.8 Å². The van der Waals surface area contributed by atoms with Crippen molar-refractivity contribution < 1.29 is 19.2 Å². The zero-order chi connectivity index (χ0) is 15.8. The van der Waals surface area contributed by atoms with Crippen LogP contribution in [0, 0.1) is 5.92 Å². The number of carbonyl (C=O) groups is 2. The van der Waals surface area contributed by atoms with Gasteiger partial charge in [0.05, 0.1) is 26.1 Å². The van der Waals surface area contributed by atoms with Crippen molar-refractivity contribution in [2.45, 2.75) is 19.3 Å². The minimum Gasteiger partial charge on any atom is -0.493 e. The van der Waals surface area contributed by atoms with Crippen LogP contribution in [0.2, 0.25) is 0 Å². The Morgan fingerprint density at radius 1 is 1.32 bits per heavy atom. The van der Waals surface area contributed by atoms with Crippen molar-refractivity contribution in [3.63, 3.8) is 0 Å². The Hall–Kier alpha value is -2.08. The topological polar surface area (TPSA) is 67.9 Å². The molecule has 120 valence electrons. The van der Waals surface area contributed by atoms with Crippen LogP contribution in [0.4, 0.5) is 0 Å². The first-order chi connectivity index (χ1) is 10.7. The van der Waals surface area contributed by atoms with Gasteiger partial charge in [-0.05, 0) is 25.0 Å². The number of benzene rings is 1. The molecule has 1 aliphatic heterocycles. The summed E-state index contributed by atoms with van der Waals surface area (Å²) < 4.78 is 5.53. The Labute approximate surface area is 130 Å². The van der Waals surface area contributed by atoms with Gasteiger partial charge in [0.2, 0.25) is 11.8 Å². The van der Waals surface area contributed by atoms with E-state index in [2.05, 4.69) is 10.3 Å². The Balaban J connectivity index is 1.75. The number of hydrogen-bond donors (Lipinski definition) is 1. The molecule has 1 atom stereocenters. The van der Waals surface area contributed by atoms with Crippen molar-refractivity contribution in [1.82, 2.24) is 10.4 Å². The average Bonchev–Trinajstić information content (AvgIpc) is 2.56. The van der Waals surface area contributed by atoms with Crippen molar-refractivity contribution in [3.8, 4) is 5.75 Å². The maximum atomic E-state index is 12.2. The number of likely N-dealkylation sites (tertiary alicyclic amines) is 1. The number of hydrogen-bond acceptors (Lipinski definition) is 4. The highest BCUT2D eigenvalue weighted by atomic mass is 16.6. The fourth-order valence-electron chi connectivity index (χ4n) is 2.53. The molecule has 2 amide bonds. The van der Waals surface area contributed by atoms with Gasteiger partial charge in [0.25, 0.3) is 0 Å². The Bertz CT molecular complexity index is 492. The number of piperidine rings is 1. The third-order valence-electron chi connectivity index (χ3n) is 3.68. The van der Waals surface area contributed by atoms with Crippen molar-refractivity contribution in [2.24, 2.45) is 5.92 Å². The molecule has 1 aromatic rings. The number of hydroxylamine groups is 1. The van der Waals surface area contributed by atoms with Crippen molar-refractivity contribution in [3.05, 3.63) is 30.3 Å². The number of amides is 2. The van der Waals surface area contributed by atoms with E-state index in [1.165, 1.54) is 7.11 Å². The fraction of sp³-hybridized carbons (Fsp3) is 0.500. The molecule has 1 unspecified atom stereocenters. The summed E-state index contributed by atoms with van der Waals surface area (Å²) in [5, 5.41) is 0. The molecule has 1 heterocycles. The van der Waals surface area contributed by atoms with Gasteiger partial charge in [-0.1, -0.05) is 18.2 Å². The zero-order valence-corrected chi connectivity index (χ0v) is 12.8. The van der Waals surface area contributed by atoms with Crippen molar-refractivity contribution in [2.75, 3.05) is 26.8 Å². The van der Waals surface area contributed by atoms with E-state index in [4.69, 9.17) is 4.74 Å². The highest BCUT2D eigenvalue weighted by Gasteiger charge is 2.28. The molecule has 1 aliphatic rings. The molecule has 0 saturated carbocycles. The van der Waals surface area contributed by atoms with Gasteiger partial charge >= 0.3 is 0 Å². The molecule has 6 heteroatoms. The van der Waals surface area contributed by atoms with E-state index in [0.29, 0.717) is 26.1 Å². The summed E-state index contributed by atoms with van der Waals surface area (Å²) in [6, 6.07) is 9.41. The maximum Gasteiger partial charge on any atom is 0.248 e. The van der Waals surface area contributed by atoms with Crippen LogP contribution in [0.25, 0.3) is 0 Å². The smallest absolute Gasteiger partial charge is 0.248 e. The molecule has 0 radical (unpaired) electrons. The number of ether oxygens (including phenoxy) is 1. The molecule has 0 aromatic heterocycles. The molecule has 0 spiro atoms. The van der Waals surface area contributed by atoms with E-state index < -0.39 is 0 Å². The van der Waals surface area contributed by atoms with Crippen LogP contribution in [0.3, 0.4) is 0 Å². The molecular formula is C16H22N2O4. The van der Waals surface area contributed by atoms with Gasteiger partial charge in [0.15, 0.2) is 0 Å². The minimum atomic E-state index is -0.201. The standard InChI is InChI=1S/C16H22N2O4/c1-21-17-16(20)13-6-5-10-18(12-13)15(19)9-11-22-14-7-3-2-4-8-14/h2-4,7-8,13H,5-6,9-12H2,1H3,(H,17,20). The van der Waals surface area contributed by atoms with E-state index in [-0.39, 0.29) is 17.7 Å². The Morgan fingerprint density at radius 3 is 2.82 bits per heavy atom. The first-order valence-electron chi connectivity index (χ1n) is 7.49. The molecule has 22 heavy (non-hydrogen) atoms. The summed E-state index contributed by atoms with van der Waals surface area (Å²) in [6.07, 6.45) is 1.92. The van der Waals surface area contributed by atoms with Crippen molar-refractivity contribution in [1.29, 1.82) is 0 Å². The molecule has 1 fully saturated rings. The fourth-order valence-corrected chi connectivity index (χ4v) is 2.53. The quantitative estimate of drug-likeness (QED) is 0.806. The van der Waals surface area contributed by atoms with Crippen LogP contribution in [-0.4, -0.2) is 43.5 Å². The first kappa shape index (κ1) is 16.3. The highest BCUT2D eigenvalue weighted by Crippen LogP contribution is 2.17. The van der Waals surface area contributed by atoms with E-state index in [0.717, 1.165) is 18.6 Å². The largest absolute Gasteiger partial charge is 0.493 e. The van der Waals surface area contributed by atoms with Gasteiger partial charge in [-0.15, -0.1) is 0 Å². The lowest BCUT2D eigenvalue weighted by molar-refractivity contribution is -0.141. The number of carbonyl (C=O) groups excluding carboxylic acids is 2. The zero-order valence-electron chi connectivity index (χ0n) is 12.8. The summed E-state index contributed by atoms with van der Waals surface area (Å²) in [5.74, 6) is 0.408. The lowest BCUT2D eigenvalue weighted by Crippen LogP contribution is -2.45. The predicted octanol–water partition coefficient (Wildman–Crippen LogP) is 1.37. The second-order valence-electron chi connectivity index (χ2n) is 5.26. The van der Waals surface area contributed by atoms with E-state index >= 15 is 0 Å². The van der Waals surface area contributed by atoms with Crippen LogP contribution in [-0.2, 0) is 14.4 Å². The second-order valence-corrected chi connectivity index (χ2v) is 5.26. The summed E-state index contributed by atoms with van der Waals surface area (Å²) in [7, 11) is 1.41. The normalized spacial score (nSPS) is 17.9. The molecular weight excluding hydrogens is 284 g/mol. The van der Waals surface area contributed by atoms with Gasteiger partial charge in [-0.3, -0.25) is 14.4 Å².